The van der Waals surface area contributed by atoms with Crippen molar-refractivity contribution in [3.63, 3.8) is 0 Å². The Morgan fingerprint density at radius 1 is 0.312 bits per heavy atom. The second kappa shape index (κ2) is 13.4. The second-order valence-electron chi connectivity index (χ2n) is 16.8. The predicted molar refractivity (Wildman–Crippen MR) is 270 cm³/mol. The third-order valence-corrected chi connectivity index (χ3v) is 13.5. The fourth-order valence-corrected chi connectivity index (χ4v) is 10.8. The molecule has 14 rings (SSSR count). The summed E-state index contributed by atoms with van der Waals surface area (Å²) < 4.78 is 11.9. The number of furan rings is 1. The molecule has 0 saturated carbocycles. The van der Waals surface area contributed by atoms with E-state index in [2.05, 4.69) is 238 Å². The Hall–Kier alpha value is -8.60. The summed E-state index contributed by atoms with van der Waals surface area (Å²) in [6, 6.07) is 81.6. The van der Waals surface area contributed by atoms with Gasteiger partial charge in [-0.1, -0.05) is 164 Å². The lowest BCUT2D eigenvalue weighted by Crippen LogP contribution is -2.12. The van der Waals surface area contributed by atoms with Crippen LogP contribution in [-0.4, -0.2) is 9.13 Å². The molecule has 0 saturated heterocycles. The minimum atomic E-state index is 0.845. The zero-order valence-corrected chi connectivity index (χ0v) is 34.6. The van der Waals surface area contributed by atoms with E-state index in [-0.39, 0.29) is 0 Å². The van der Waals surface area contributed by atoms with Gasteiger partial charge >= 0.3 is 0 Å². The Morgan fingerprint density at radius 2 is 0.812 bits per heavy atom. The van der Waals surface area contributed by atoms with Crippen LogP contribution < -0.4 is 4.90 Å². The lowest BCUT2D eigenvalue weighted by molar-refractivity contribution is 0.669. The molecule has 14 aromatic rings. The molecule has 64 heavy (non-hydrogen) atoms. The molecule has 0 aliphatic rings. The summed E-state index contributed by atoms with van der Waals surface area (Å²) in [5.41, 5.74) is 11.6. The molecule has 0 bridgehead atoms. The van der Waals surface area contributed by atoms with Gasteiger partial charge in [-0.05, 0) is 93.0 Å². The van der Waals surface area contributed by atoms with E-state index in [4.69, 9.17) is 4.42 Å². The molecule has 0 unspecified atom stereocenters. The van der Waals surface area contributed by atoms with Gasteiger partial charge in [0.1, 0.15) is 5.58 Å². The van der Waals surface area contributed by atoms with Crippen LogP contribution in [0.4, 0.5) is 17.1 Å². The first kappa shape index (κ1) is 35.0. The van der Waals surface area contributed by atoms with Gasteiger partial charge in [0, 0.05) is 43.7 Å². The van der Waals surface area contributed by atoms with Gasteiger partial charge in [0.2, 0.25) is 0 Å². The van der Waals surface area contributed by atoms with E-state index < -0.39 is 0 Å². The quantitative estimate of drug-likeness (QED) is 0.162. The van der Waals surface area contributed by atoms with Crippen molar-refractivity contribution in [2.75, 3.05) is 4.90 Å². The molecule has 0 radical (unpaired) electrons. The van der Waals surface area contributed by atoms with Gasteiger partial charge in [0.25, 0.3) is 0 Å². The van der Waals surface area contributed by atoms with Crippen LogP contribution in [0.2, 0.25) is 0 Å². The second-order valence-corrected chi connectivity index (χ2v) is 16.8. The highest BCUT2D eigenvalue weighted by molar-refractivity contribution is 6.26. The SMILES string of the molecule is c1ccc(-n2c3ccccc3c3cccc(-n4c5ccccc5c5cccc(N(c6ccc7c8ccccc8c8ccccc8c7c6)c6cccc7c6oc6ccccc67)c54)c32)cc1. The number of hydrogen-bond donors (Lipinski definition) is 0. The van der Waals surface area contributed by atoms with Gasteiger partial charge in [-0.3, -0.25) is 0 Å². The summed E-state index contributed by atoms with van der Waals surface area (Å²) in [4.78, 5) is 2.44. The van der Waals surface area contributed by atoms with Crippen molar-refractivity contribution in [3.8, 4) is 11.4 Å². The Labute approximate surface area is 367 Å². The minimum Gasteiger partial charge on any atom is -0.454 e. The molecule has 0 spiro atoms. The number of aromatic nitrogens is 2. The number of benzene rings is 11. The molecule has 0 aliphatic heterocycles. The molecular formula is C60H37N3O. The molecule has 3 heterocycles. The third-order valence-electron chi connectivity index (χ3n) is 13.5. The summed E-state index contributed by atoms with van der Waals surface area (Å²) >= 11 is 0. The maximum absolute atomic E-state index is 6.91. The number of hydrogen-bond acceptors (Lipinski definition) is 2. The Kier molecular flexibility index (Phi) is 7.36. The number of fused-ring (bicyclic) bond motifs is 15. The molecule has 0 atom stereocenters. The number of rotatable bonds is 5. The third kappa shape index (κ3) is 4.88. The molecule has 0 aliphatic carbocycles. The maximum Gasteiger partial charge on any atom is 0.159 e. The zero-order chi connectivity index (χ0) is 41.9. The summed E-state index contributed by atoms with van der Waals surface area (Å²) in [5.74, 6) is 0. The maximum atomic E-state index is 6.91. The van der Waals surface area contributed by atoms with Crippen LogP contribution in [0, 0.1) is 0 Å². The highest BCUT2D eigenvalue weighted by Gasteiger charge is 2.27. The van der Waals surface area contributed by atoms with Gasteiger partial charge in [0.15, 0.2) is 5.58 Å². The minimum absolute atomic E-state index is 0.845. The van der Waals surface area contributed by atoms with Crippen molar-refractivity contribution in [2.24, 2.45) is 0 Å². The Bertz CT molecular complexity index is 4170. The van der Waals surface area contributed by atoms with Gasteiger partial charge in [-0.25, -0.2) is 0 Å². The van der Waals surface area contributed by atoms with Crippen LogP contribution in [0.3, 0.4) is 0 Å². The number of nitrogens with zero attached hydrogens (tertiary/aromatic N) is 3. The predicted octanol–water partition coefficient (Wildman–Crippen LogP) is 16.7. The lowest BCUT2D eigenvalue weighted by Gasteiger charge is -2.28. The first-order valence-corrected chi connectivity index (χ1v) is 21.9. The molecule has 3 aromatic heterocycles. The van der Waals surface area contributed by atoms with Crippen LogP contribution in [0.15, 0.2) is 229 Å². The molecule has 11 aromatic carbocycles. The molecular weight excluding hydrogens is 779 g/mol. The summed E-state index contributed by atoms with van der Waals surface area (Å²) in [5, 5.41) is 14.4. The van der Waals surface area contributed by atoms with Crippen LogP contribution in [0.25, 0.3) is 109 Å². The fourth-order valence-electron chi connectivity index (χ4n) is 10.8. The molecule has 0 amide bonds. The van der Waals surface area contributed by atoms with Crippen LogP contribution >= 0.6 is 0 Å². The summed E-state index contributed by atoms with van der Waals surface area (Å²) in [7, 11) is 0. The van der Waals surface area contributed by atoms with E-state index in [0.29, 0.717) is 0 Å². The molecule has 298 valence electrons. The number of para-hydroxylation sites is 7. The Balaban J connectivity index is 1.14. The van der Waals surface area contributed by atoms with E-state index in [1.807, 2.05) is 0 Å². The van der Waals surface area contributed by atoms with Gasteiger partial charge < -0.3 is 18.5 Å². The van der Waals surface area contributed by atoms with Crippen LogP contribution in [0.1, 0.15) is 0 Å². The van der Waals surface area contributed by atoms with E-state index in [0.717, 1.165) is 66.9 Å². The van der Waals surface area contributed by atoms with E-state index in [1.54, 1.807) is 0 Å². The standard InChI is InChI=1S/C60H37N3O/c1-2-17-38(18-3-1)62-52-29-11-8-23-45(52)48-26-15-32-55(58(48)62)63-53-30-12-9-24-46(53)49-27-14-31-54(59(49)63)61(56-33-16-28-50-47-25-10-13-34-57(47)64-60(50)56)39-35-36-44-42-21-5-4-19-40(42)41-20-6-7-22-43(41)51(44)37-39/h1-37H. The zero-order valence-electron chi connectivity index (χ0n) is 34.6. The van der Waals surface area contributed by atoms with E-state index in [9.17, 15) is 0 Å². The van der Waals surface area contributed by atoms with Crippen molar-refractivity contribution >= 4 is 115 Å². The molecule has 0 N–H and O–H groups in total. The van der Waals surface area contributed by atoms with Crippen molar-refractivity contribution in [1.29, 1.82) is 0 Å². The van der Waals surface area contributed by atoms with Gasteiger partial charge in [0.05, 0.1) is 39.1 Å². The molecule has 4 heteroatoms. The van der Waals surface area contributed by atoms with Crippen LogP contribution in [0.5, 0.6) is 0 Å². The van der Waals surface area contributed by atoms with E-state index >= 15 is 0 Å². The monoisotopic (exact) mass is 815 g/mol. The average Bonchev–Trinajstić information content (AvgIpc) is 4.03. The molecule has 0 fully saturated rings. The van der Waals surface area contributed by atoms with Crippen LogP contribution in [-0.2, 0) is 0 Å². The fraction of sp³-hybridized carbons (Fsp3) is 0. The normalized spacial score (nSPS) is 12.1. The average molecular weight is 816 g/mol. The van der Waals surface area contributed by atoms with Gasteiger partial charge in [-0.2, -0.15) is 0 Å². The smallest absolute Gasteiger partial charge is 0.159 e. The van der Waals surface area contributed by atoms with Gasteiger partial charge in [-0.15, -0.1) is 0 Å². The summed E-state index contributed by atoms with van der Waals surface area (Å²) in [6.07, 6.45) is 0. The van der Waals surface area contributed by atoms with Crippen molar-refractivity contribution in [1.82, 2.24) is 9.13 Å². The summed E-state index contributed by atoms with van der Waals surface area (Å²) in [6.45, 7) is 0. The highest BCUT2D eigenvalue weighted by Crippen LogP contribution is 2.49. The van der Waals surface area contributed by atoms with E-state index in [1.165, 1.54) is 59.4 Å². The topological polar surface area (TPSA) is 26.2 Å². The number of anilines is 3. The molecule has 4 nitrogen and oxygen atoms in total. The first-order chi connectivity index (χ1) is 31.8. The highest BCUT2D eigenvalue weighted by atomic mass is 16.3. The lowest BCUT2D eigenvalue weighted by atomic mass is 9.94. The largest absolute Gasteiger partial charge is 0.454 e. The van der Waals surface area contributed by atoms with Crippen molar-refractivity contribution < 1.29 is 4.42 Å². The Morgan fingerprint density at radius 3 is 1.52 bits per heavy atom. The van der Waals surface area contributed by atoms with Crippen molar-refractivity contribution in [3.05, 3.63) is 224 Å². The first-order valence-electron chi connectivity index (χ1n) is 21.9. The van der Waals surface area contributed by atoms with Crippen molar-refractivity contribution in [2.45, 2.75) is 0 Å².